The highest BCUT2D eigenvalue weighted by Gasteiger charge is 2.42. The Hall–Kier alpha value is -0.490. The molecule has 0 spiro atoms. The summed E-state index contributed by atoms with van der Waals surface area (Å²) in [5.41, 5.74) is 0. The quantitative estimate of drug-likeness (QED) is 0.806. The van der Waals surface area contributed by atoms with Crippen LogP contribution in [0.15, 0.2) is 0 Å². The van der Waals surface area contributed by atoms with Crippen LogP contribution in [0.2, 0.25) is 0 Å². The fraction of sp³-hybridized carbons (Fsp3) is 0.917. The third kappa shape index (κ3) is 4.24. The molecule has 2 aliphatic rings. The van der Waals surface area contributed by atoms with Gasteiger partial charge >= 0.3 is 6.18 Å². The molecule has 7 heteroatoms. The molecule has 3 nitrogen and oxygen atoms in total. The second-order valence-electron chi connectivity index (χ2n) is 5.14. The van der Waals surface area contributed by atoms with Gasteiger partial charge in [0, 0.05) is 13.1 Å². The molecule has 0 aromatic heterocycles. The first-order valence-electron chi connectivity index (χ1n) is 6.57. The molecule has 2 fully saturated rings. The van der Waals surface area contributed by atoms with E-state index in [0.29, 0.717) is 0 Å². The van der Waals surface area contributed by atoms with Crippen molar-refractivity contribution in [3.63, 3.8) is 0 Å². The number of alkyl halides is 3. The predicted molar refractivity (Wildman–Crippen MR) is 68.2 cm³/mol. The van der Waals surface area contributed by atoms with Gasteiger partial charge in [0.2, 0.25) is 5.91 Å². The van der Waals surface area contributed by atoms with Crippen molar-refractivity contribution in [2.75, 3.05) is 19.6 Å². The number of hydrogen-bond donors (Lipinski definition) is 1. The van der Waals surface area contributed by atoms with Gasteiger partial charge in [0.25, 0.3) is 0 Å². The highest BCUT2D eigenvalue weighted by atomic mass is 35.5. The lowest BCUT2D eigenvalue weighted by atomic mass is 9.95. The molecule has 0 bridgehead atoms. The number of halogens is 4. The molecule has 2 rings (SSSR count). The van der Waals surface area contributed by atoms with Gasteiger partial charge in [-0.15, -0.1) is 12.4 Å². The first kappa shape index (κ1) is 16.6. The molecule has 0 aromatic rings. The lowest BCUT2D eigenvalue weighted by molar-refractivity contribution is -0.186. The molecule has 112 valence electrons. The lowest BCUT2D eigenvalue weighted by Crippen LogP contribution is -2.51. The summed E-state index contributed by atoms with van der Waals surface area (Å²) in [5, 5.41) is 3.14. The van der Waals surface area contributed by atoms with Gasteiger partial charge in [0.1, 0.15) is 0 Å². The van der Waals surface area contributed by atoms with Gasteiger partial charge < -0.3 is 10.2 Å². The van der Waals surface area contributed by atoms with E-state index in [0.717, 1.165) is 25.8 Å². The van der Waals surface area contributed by atoms with Gasteiger partial charge in [-0.05, 0) is 32.2 Å². The Balaban J connectivity index is 0.00000180. The molecule has 0 saturated carbocycles. The number of piperidine rings is 2. The van der Waals surface area contributed by atoms with Crippen LogP contribution in [-0.4, -0.2) is 42.7 Å². The van der Waals surface area contributed by atoms with Crippen LogP contribution in [0, 0.1) is 5.92 Å². The summed E-state index contributed by atoms with van der Waals surface area (Å²) in [6.45, 7) is 1.30. The van der Waals surface area contributed by atoms with Crippen molar-refractivity contribution >= 4 is 18.3 Å². The van der Waals surface area contributed by atoms with Crippen LogP contribution >= 0.6 is 12.4 Å². The zero-order valence-electron chi connectivity index (χ0n) is 10.7. The normalized spacial score (nSPS) is 25.8. The zero-order chi connectivity index (χ0) is 13.2. The maximum atomic E-state index is 12.5. The van der Waals surface area contributed by atoms with Gasteiger partial charge in [-0.3, -0.25) is 4.79 Å². The molecule has 1 amide bonds. The van der Waals surface area contributed by atoms with E-state index in [1.165, 1.54) is 0 Å². The summed E-state index contributed by atoms with van der Waals surface area (Å²) in [5.74, 6) is -1.25. The summed E-state index contributed by atoms with van der Waals surface area (Å²) in [6, 6.07) is -0.179. The Morgan fingerprint density at radius 1 is 1.11 bits per heavy atom. The smallest absolute Gasteiger partial charge is 0.341 e. The monoisotopic (exact) mass is 300 g/mol. The van der Waals surface area contributed by atoms with Crippen molar-refractivity contribution in [2.24, 2.45) is 5.92 Å². The summed E-state index contributed by atoms with van der Waals surface area (Å²) < 4.78 is 37.5. The van der Waals surface area contributed by atoms with Crippen molar-refractivity contribution in [3.05, 3.63) is 0 Å². The van der Waals surface area contributed by atoms with E-state index < -0.39 is 12.1 Å². The zero-order valence-corrected chi connectivity index (χ0v) is 11.5. The SMILES string of the molecule is Cl.O=C([C@H]1CCCCN1)N1CCC(C(F)(F)F)CC1. The predicted octanol–water partition coefficient (Wildman–Crippen LogP) is 2.35. The average Bonchev–Trinajstić information content (AvgIpc) is 2.38. The van der Waals surface area contributed by atoms with Gasteiger partial charge in [-0.1, -0.05) is 6.42 Å². The summed E-state index contributed by atoms with van der Waals surface area (Å²) in [4.78, 5) is 13.7. The van der Waals surface area contributed by atoms with E-state index in [1.807, 2.05) is 0 Å². The summed E-state index contributed by atoms with van der Waals surface area (Å²) >= 11 is 0. The lowest BCUT2D eigenvalue weighted by Gasteiger charge is -2.36. The van der Waals surface area contributed by atoms with E-state index in [-0.39, 0.29) is 50.3 Å². The fourth-order valence-corrected chi connectivity index (χ4v) is 2.71. The summed E-state index contributed by atoms with van der Waals surface area (Å²) in [7, 11) is 0. The van der Waals surface area contributed by atoms with E-state index in [9.17, 15) is 18.0 Å². The van der Waals surface area contributed by atoms with Crippen LogP contribution in [-0.2, 0) is 4.79 Å². The summed E-state index contributed by atoms with van der Waals surface area (Å²) in [6.07, 6.45) is -1.14. The molecule has 2 saturated heterocycles. The number of carbonyl (C=O) groups excluding carboxylic acids is 1. The number of amides is 1. The highest BCUT2D eigenvalue weighted by molar-refractivity contribution is 5.85. The number of carbonyl (C=O) groups is 1. The number of rotatable bonds is 1. The molecule has 2 heterocycles. The molecule has 0 aromatic carbocycles. The van der Waals surface area contributed by atoms with Gasteiger partial charge in [0.15, 0.2) is 0 Å². The number of nitrogens with one attached hydrogen (secondary N) is 1. The fourth-order valence-electron chi connectivity index (χ4n) is 2.71. The van der Waals surface area contributed by atoms with E-state index in [1.54, 1.807) is 4.90 Å². The van der Waals surface area contributed by atoms with Crippen LogP contribution < -0.4 is 5.32 Å². The average molecular weight is 301 g/mol. The van der Waals surface area contributed by atoms with E-state index in [4.69, 9.17) is 0 Å². The topological polar surface area (TPSA) is 32.3 Å². The van der Waals surface area contributed by atoms with Crippen LogP contribution in [0.4, 0.5) is 13.2 Å². The van der Waals surface area contributed by atoms with Crippen LogP contribution in [0.1, 0.15) is 32.1 Å². The third-order valence-corrected chi connectivity index (χ3v) is 3.88. The second-order valence-corrected chi connectivity index (χ2v) is 5.14. The van der Waals surface area contributed by atoms with Crippen molar-refractivity contribution in [1.29, 1.82) is 0 Å². The Bertz CT molecular complexity index is 298. The Morgan fingerprint density at radius 3 is 2.21 bits per heavy atom. The van der Waals surface area contributed by atoms with Crippen molar-refractivity contribution in [2.45, 2.75) is 44.3 Å². The minimum atomic E-state index is -4.11. The number of likely N-dealkylation sites (tertiary alicyclic amines) is 1. The number of hydrogen-bond acceptors (Lipinski definition) is 2. The first-order valence-corrected chi connectivity index (χ1v) is 6.57. The Kier molecular flexibility index (Phi) is 5.92. The van der Waals surface area contributed by atoms with Crippen LogP contribution in [0.3, 0.4) is 0 Å². The maximum Gasteiger partial charge on any atom is 0.391 e. The van der Waals surface area contributed by atoms with Crippen LogP contribution in [0.5, 0.6) is 0 Å². The molecule has 1 atom stereocenters. The minimum absolute atomic E-state index is 0. The molecule has 0 unspecified atom stereocenters. The van der Waals surface area contributed by atoms with E-state index >= 15 is 0 Å². The minimum Gasteiger partial charge on any atom is -0.341 e. The maximum absolute atomic E-state index is 12.5. The molecule has 0 aliphatic carbocycles. The molecule has 0 radical (unpaired) electrons. The van der Waals surface area contributed by atoms with Crippen molar-refractivity contribution < 1.29 is 18.0 Å². The largest absolute Gasteiger partial charge is 0.391 e. The first-order chi connectivity index (χ1) is 8.48. The highest BCUT2D eigenvalue weighted by Crippen LogP contribution is 2.34. The number of nitrogens with zero attached hydrogens (tertiary/aromatic N) is 1. The molecule has 2 aliphatic heterocycles. The van der Waals surface area contributed by atoms with Gasteiger partial charge in [-0.25, -0.2) is 0 Å². The molecule has 1 N–H and O–H groups in total. The second kappa shape index (κ2) is 6.79. The van der Waals surface area contributed by atoms with Gasteiger partial charge in [-0.2, -0.15) is 13.2 Å². The van der Waals surface area contributed by atoms with Crippen molar-refractivity contribution in [1.82, 2.24) is 10.2 Å². The molecule has 19 heavy (non-hydrogen) atoms. The van der Waals surface area contributed by atoms with Crippen molar-refractivity contribution in [3.8, 4) is 0 Å². The Morgan fingerprint density at radius 2 is 1.74 bits per heavy atom. The van der Waals surface area contributed by atoms with E-state index in [2.05, 4.69) is 5.32 Å². The Labute approximate surface area is 117 Å². The molecular weight excluding hydrogens is 281 g/mol. The van der Waals surface area contributed by atoms with Crippen LogP contribution in [0.25, 0.3) is 0 Å². The third-order valence-electron chi connectivity index (χ3n) is 3.88. The standard InChI is InChI=1S/C12H19F3N2O.ClH/c13-12(14,15)9-4-7-17(8-5-9)11(18)10-3-1-2-6-16-10;/h9-10,16H,1-8H2;1H/t10-;/m1./s1. The van der Waals surface area contributed by atoms with Gasteiger partial charge in [0.05, 0.1) is 12.0 Å². The molecular formula is C12H20ClF3N2O.